The van der Waals surface area contributed by atoms with Gasteiger partial charge in [-0.3, -0.25) is 4.79 Å². The van der Waals surface area contributed by atoms with Crippen molar-refractivity contribution in [2.24, 2.45) is 17.6 Å². The lowest BCUT2D eigenvalue weighted by atomic mass is 9.95. The molecular formula is C10H18N2O4. The van der Waals surface area contributed by atoms with E-state index in [0.29, 0.717) is 6.54 Å². The van der Waals surface area contributed by atoms with Crippen molar-refractivity contribution in [2.75, 3.05) is 13.2 Å². The summed E-state index contributed by atoms with van der Waals surface area (Å²) in [5, 5.41) is 19.8. The van der Waals surface area contributed by atoms with E-state index in [4.69, 9.17) is 15.9 Å². The predicted octanol–water partition coefficient (Wildman–Crippen LogP) is -1.08. The first kappa shape index (κ1) is 12.9. The normalized spacial score (nSPS) is 26.4. The molecule has 3 unspecified atom stereocenters. The molecule has 1 rings (SSSR count). The second-order valence-corrected chi connectivity index (χ2v) is 4.12. The number of carboxylic acid groups (broad SMARTS) is 1. The van der Waals surface area contributed by atoms with E-state index in [1.54, 1.807) is 0 Å². The van der Waals surface area contributed by atoms with Crippen LogP contribution in [0.5, 0.6) is 0 Å². The van der Waals surface area contributed by atoms with Gasteiger partial charge in [-0.2, -0.15) is 0 Å². The molecule has 1 aliphatic rings. The molecule has 0 spiro atoms. The highest BCUT2D eigenvalue weighted by molar-refractivity contribution is 5.85. The van der Waals surface area contributed by atoms with Crippen LogP contribution in [0.4, 0.5) is 0 Å². The minimum atomic E-state index is -1.22. The zero-order valence-electron chi connectivity index (χ0n) is 9.06. The van der Waals surface area contributed by atoms with Crippen LogP contribution in [0.15, 0.2) is 0 Å². The van der Waals surface area contributed by atoms with Crippen LogP contribution in [0.25, 0.3) is 0 Å². The predicted molar refractivity (Wildman–Crippen MR) is 56.5 cm³/mol. The minimum absolute atomic E-state index is 0.133. The fraction of sp³-hybridized carbons (Fsp3) is 0.800. The third kappa shape index (κ3) is 2.93. The van der Waals surface area contributed by atoms with Gasteiger partial charge in [0.15, 0.2) is 0 Å². The van der Waals surface area contributed by atoms with E-state index < -0.39 is 18.6 Å². The molecule has 0 aromatic heterocycles. The molecular weight excluding hydrogens is 212 g/mol. The van der Waals surface area contributed by atoms with Gasteiger partial charge >= 0.3 is 5.97 Å². The van der Waals surface area contributed by atoms with E-state index in [-0.39, 0.29) is 17.7 Å². The van der Waals surface area contributed by atoms with E-state index in [1.807, 2.05) is 0 Å². The molecule has 1 amide bonds. The molecule has 3 atom stereocenters. The van der Waals surface area contributed by atoms with Gasteiger partial charge in [0.1, 0.15) is 6.04 Å². The zero-order valence-corrected chi connectivity index (χ0v) is 9.06. The molecule has 92 valence electrons. The lowest BCUT2D eigenvalue weighted by Crippen LogP contribution is -2.47. The number of aliphatic hydroxyl groups is 1. The second kappa shape index (κ2) is 5.81. The van der Waals surface area contributed by atoms with Crippen molar-refractivity contribution >= 4 is 11.9 Å². The Kier molecular flexibility index (Phi) is 4.70. The van der Waals surface area contributed by atoms with Crippen LogP contribution in [0.2, 0.25) is 0 Å². The topological polar surface area (TPSA) is 113 Å². The van der Waals surface area contributed by atoms with Crippen molar-refractivity contribution in [3.8, 4) is 0 Å². The quantitative estimate of drug-likeness (QED) is 0.480. The standard InChI is InChI=1S/C10H18N2O4/c11-4-6-2-1-3-7(6)9(14)12-8(5-13)10(15)16/h6-8,13H,1-5,11H2,(H,12,14)(H,15,16). The number of aliphatic carboxylic acids is 1. The van der Waals surface area contributed by atoms with Crippen LogP contribution >= 0.6 is 0 Å². The van der Waals surface area contributed by atoms with E-state index in [0.717, 1.165) is 19.3 Å². The Labute approximate surface area is 93.8 Å². The molecule has 0 bridgehead atoms. The van der Waals surface area contributed by atoms with Crippen LogP contribution in [-0.2, 0) is 9.59 Å². The molecule has 6 heteroatoms. The Morgan fingerprint density at radius 2 is 2.12 bits per heavy atom. The largest absolute Gasteiger partial charge is 0.480 e. The summed E-state index contributed by atoms with van der Waals surface area (Å²) >= 11 is 0. The van der Waals surface area contributed by atoms with Gasteiger partial charge in [-0.05, 0) is 25.3 Å². The van der Waals surface area contributed by atoms with E-state index in [2.05, 4.69) is 5.32 Å². The number of nitrogens with two attached hydrogens (primary N) is 1. The van der Waals surface area contributed by atoms with Crippen LogP contribution in [0, 0.1) is 11.8 Å². The molecule has 0 heterocycles. The summed E-state index contributed by atoms with van der Waals surface area (Å²) in [6, 6.07) is -1.22. The number of aliphatic hydroxyl groups excluding tert-OH is 1. The third-order valence-corrected chi connectivity index (χ3v) is 3.10. The summed E-state index contributed by atoms with van der Waals surface area (Å²) in [4.78, 5) is 22.4. The van der Waals surface area contributed by atoms with Gasteiger partial charge in [0.25, 0.3) is 0 Å². The lowest BCUT2D eigenvalue weighted by molar-refractivity contribution is -0.143. The molecule has 16 heavy (non-hydrogen) atoms. The Bertz CT molecular complexity index is 270. The molecule has 1 fully saturated rings. The molecule has 5 N–H and O–H groups in total. The molecule has 0 aromatic carbocycles. The van der Waals surface area contributed by atoms with Gasteiger partial charge in [-0.1, -0.05) is 6.42 Å². The average molecular weight is 230 g/mol. The summed E-state index contributed by atoms with van der Waals surface area (Å²) in [6.45, 7) is -0.157. The molecule has 0 aromatic rings. The van der Waals surface area contributed by atoms with E-state index in [9.17, 15) is 9.59 Å². The Morgan fingerprint density at radius 3 is 2.62 bits per heavy atom. The molecule has 0 radical (unpaired) electrons. The highest BCUT2D eigenvalue weighted by Crippen LogP contribution is 2.30. The van der Waals surface area contributed by atoms with E-state index in [1.165, 1.54) is 0 Å². The second-order valence-electron chi connectivity index (χ2n) is 4.12. The maximum absolute atomic E-state index is 11.7. The minimum Gasteiger partial charge on any atom is -0.480 e. The molecule has 1 aliphatic carbocycles. The van der Waals surface area contributed by atoms with Crippen molar-refractivity contribution in [3.05, 3.63) is 0 Å². The van der Waals surface area contributed by atoms with Crippen LogP contribution in [0.1, 0.15) is 19.3 Å². The molecule has 0 saturated heterocycles. The number of hydrogen-bond acceptors (Lipinski definition) is 4. The number of hydrogen-bond donors (Lipinski definition) is 4. The van der Waals surface area contributed by atoms with Crippen LogP contribution in [0.3, 0.4) is 0 Å². The maximum atomic E-state index is 11.7. The average Bonchev–Trinajstić information content (AvgIpc) is 2.72. The zero-order chi connectivity index (χ0) is 12.1. The first-order chi connectivity index (χ1) is 7.60. The van der Waals surface area contributed by atoms with Gasteiger partial charge in [0.05, 0.1) is 6.61 Å². The Hall–Kier alpha value is -1.14. The number of carbonyl (C=O) groups is 2. The summed E-state index contributed by atoms with van der Waals surface area (Å²) in [5.41, 5.74) is 5.54. The number of carboxylic acids is 1. The first-order valence-electron chi connectivity index (χ1n) is 5.44. The fourth-order valence-corrected chi connectivity index (χ4v) is 2.13. The highest BCUT2D eigenvalue weighted by Gasteiger charge is 2.33. The summed E-state index contributed by atoms with van der Waals surface area (Å²) in [7, 11) is 0. The van der Waals surface area contributed by atoms with Gasteiger partial charge in [-0.15, -0.1) is 0 Å². The van der Waals surface area contributed by atoms with Crippen molar-refractivity contribution in [2.45, 2.75) is 25.3 Å². The monoisotopic (exact) mass is 230 g/mol. The fourth-order valence-electron chi connectivity index (χ4n) is 2.13. The van der Waals surface area contributed by atoms with E-state index >= 15 is 0 Å². The summed E-state index contributed by atoms with van der Waals surface area (Å²) in [6.07, 6.45) is 2.59. The first-order valence-corrected chi connectivity index (χ1v) is 5.44. The molecule has 6 nitrogen and oxygen atoms in total. The smallest absolute Gasteiger partial charge is 0.328 e. The van der Waals surface area contributed by atoms with Crippen molar-refractivity contribution < 1.29 is 19.8 Å². The third-order valence-electron chi connectivity index (χ3n) is 3.10. The number of carbonyl (C=O) groups excluding carboxylic acids is 1. The van der Waals surface area contributed by atoms with Crippen LogP contribution in [-0.4, -0.2) is 41.3 Å². The van der Waals surface area contributed by atoms with Gasteiger partial charge < -0.3 is 21.3 Å². The molecule has 1 saturated carbocycles. The highest BCUT2D eigenvalue weighted by atomic mass is 16.4. The van der Waals surface area contributed by atoms with Crippen molar-refractivity contribution in [1.29, 1.82) is 0 Å². The summed E-state index contributed by atoms with van der Waals surface area (Å²) in [5.74, 6) is -1.61. The Balaban J connectivity index is 2.54. The molecule has 0 aliphatic heterocycles. The van der Waals surface area contributed by atoms with Crippen molar-refractivity contribution in [3.63, 3.8) is 0 Å². The van der Waals surface area contributed by atoms with Gasteiger partial charge in [-0.25, -0.2) is 4.79 Å². The number of nitrogens with one attached hydrogen (secondary N) is 1. The lowest BCUT2D eigenvalue weighted by Gasteiger charge is -2.19. The number of rotatable bonds is 5. The summed E-state index contributed by atoms with van der Waals surface area (Å²) < 4.78 is 0. The SMILES string of the molecule is NCC1CCCC1C(=O)NC(CO)C(=O)O. The van der Waals surface area contributed by atoms with Gasteiger partial charge in [0, 0.05) is 5.92 Å². The number of amides is 1. The van der Waals surface area contributed by atoms with Crippen LogP contribution < -0.4 is 11.1 Å². The van der Waals surface area contributed by atoms with Gasteiger partial charge in [0.2, 0.25) is 5.91 Å². The Morgan fingerprint density at radius 1 is 1.44 bits per heavy atom. The maximum Gasteiger partial charge on any atom is 0.328 e. The van der Waals surface area contributed by atoms with Crippen molar-refractivity contribution in [1.82, 2.24) is 5.32 Å².